The van der Waals surface area contributed by atoms with Gasteiger partial charge in [0.15, 0.2) is 0 Å². The van der Waals surface area contributed by atoms with E-state index < -0.39 is 6.04 Å². The van der Waals surface area contributed by atoms with Crippen LogP contribution in [0, 0.1) is 11.3 Å². The Morgan fingerprint density at radius 2 is 2.38 bits per heavy atom. The molecule has 0 fully saturated rings. The molecule has 3 nitrogen and oxygen atoms in total. The molecule has 0 saturated heterocycles. The second-order valence-electron chi connectivity index (χ2n) is 3.07. The van der Waals surface area contributed by atoms with E-state index in [4.69, 9.17) is 15.7 Å². The first-order valence-electron chi connectivity index (χ1n) is 4.22. The quantitative estimate of drug-likeness (QED) is 0.694. The fourth-order valence-corrected chi connectivity index (χ4v) is 1.47. The molecule has 0 amide bonds. The molecule has 0 bridgehead atoms. The summed E-state index contributed by atoms with van der Waals surface area (Å²) >= 11 is 0. The van der Waals surface area contributed by atoms with E-state index >= 15 is 0 Å². The summed E-state index contributed by atoms with van der Waals surface area (Å²) < 4.78 is 5.34. The SMILES string of the molecule is N#C[C@H](N)c1ccc2c(c1)CCO2. The molecule has 1 aromatic carbocycles. The molecule has 66 valence electrons. The molecule has 2 N–H and O–H groups in total. The van der Waals surface area contributed by atoms with Crippen LogP contribution in [0.4, 0.5) is 0 Å². The van der Waals surface area contributed by atoms with Gasteiger partial charge in [0.05, 0.1) is 12.7 Å². The molecular weight excluding hydrogens is 164 g/mol. The minimum absolute atomic E-state index is 0.522. The van der Waals surface area contributed by atoms with Crippen LogP contribution in [-0.2, 0) is 6.42 Å². The lowest BCUT2D eigenvalue weighted by Crippen LogP contribution is -2.07. The first-order valence-corrected chi connectivity index (χ1v) is 4.22. The molecule has 0 saturated carbocycles. The number of hydrogen-bond donors (Lipinski definition) is 1. The average molecular weight is 174 g/mol. The van der Waals surface area contributed by atoms with E-state index in [9.17, 15) is 0 Å². The Morgan fingerprint density at radius 3 is 3.15 bits per heavy atom. The summed E-state index contributed by atoms with van der Waals surface area (Å²) in [5.74, 6) is 0.925. The Morgan fingerprint density at radius 1 is 1.54 bits per heavy atom. The third kappa shape index (κ3) is 1.36. The maximum atomic E-state index is 8.63. The van der Waals surface area contributed by atoms with Gasteiger partial charge >= 0.3 is 0 Å². The lowest BCUT2D eigenvalue weighted by Gasteiger charge is -2.04. The highest BCUT2D eigenvalue weighted by atomic mass is 16.5. The maximum Gasteiger partial charge on any atom is 0.122 e. The molecule has 1 heterocycles. The van der Waals surface area contributed by atoms with Gasteiger partial charge < -0.3 is 10.5 Å². The Hall–Kier alpha value is -1.53. The van der Waals surface area contributed by atoms with Gasteiger partial charge in [-0.15, -0.1) is 0 Å². The van der Waals surface area contributed by atoms with E-state index in [0.717, 1.165) is 29.9 Å². The van der Waals surface area contributed by atoms with Crippen molar-refractivity contribution in [3.05, 3.63) is 29.3 Å². The van der Waals surface area contributed by atoms with Crippen LogP contribution in [0.1, 0.15) is 17.2 Å². The number of ether oxygens (including phenoxy) is 1. The summed E-state index contributed by atoms with van der Waals surface area (Å²) in [6, 6.07) is 7.17. The van der Waals surface area contributed by atoms with Gasteiger partial charge in [0, 0.05) is 6.42 Å². The summed E-state index contributed by atoms with van der Waals surface area (Å²) in [6.45, 7) is 0.737. The Balaban J connectivity index is 2.37. The van der Waals surface area contributed by atoms with Crippen molar-refractivity contribution in [1.29, 1.82) is 5.26 Å². The fraction of sp³-hybridized carbons (Fsp3) is 0.300. The third-order valence-corrected chi connectivity index (χ3v) is 2.21. The first-order chi connectivity index (χ1) is 6.31. The lowest BCUT2D eigenvalue weighted by atomic mass is 10.0. The van der Waals surface area contributed by atoms with Crippen molar-refractivity contribution in [2.75, 3.05) is 6.61 Å². The molecule has 0 aliphatic carbocycles. The molecule has 1 aliphatic heterocycles. The molecule has 0 spiro atoms. The molecule has 1 atom stereocenters. The topological polar surface area (TPSA) is 59.0 Å². The average Bonchev–Trinajstić information content (AvgIpc) is 2.63. The summed E-state index contributed by atoms with van der Waals surface area (Å²) in [5, 5.41) is 8.63. The van der Waals surface area contributed by atoms with E-state index in [1.807, 2.05) is 24.3 Å². The highest BCUT2D eigenvalue weighted by Gasteiger charge is 2.13. The maximum absolute atomic E-state index is 8.63. The highest BCUT2D eigenvalue weighted by Crippen LogP contribution is 2.27. The lowest BCUT2D eigenvalue weighted by molar-refractivity contribution is 0.357. The molecular formula is C10H10N2O. The predicted molar refractivity (Wildman–Crippen MR) is 48.2 cm³/mol. The summed E-state index contributed by atoms with van der Waals surface area (Å²) in [7, 11) is 0. The summed E-state index contributed by atoms with van der Waals surface area (Å²) in [6.07, 6.45) is 0.918. The van der Waals surface area contributed by atoms with Crippen LogP contribution in [0.5, 0.6) is 5.75 Å². The van der Waals surface area contributed by atoms with Crippen molar-refractivity contribution in [2.45, 2.75) is 12.5 Å². The Labute approximate surface area is 76.7 Å². The zero-order valence-corrected chi connectivity index (χ0v) is 7.16. The van der Waals surface area contributed by atoms with Crippen LogP contribution < -0.4 is 10.5 Å². The second-order valence-corrected chi connectivity index (χ2v) is 3.07. The van der Waals surface area contributed by atoms with Crippen LogP contribution in [0.3, 0.4) is 0 Å². The van der Waals surface area contributed by atoms with Gasteiger partial charge in [-0.3, -0.25) is 0 Å². The minimum Gasteiger partial charge on any atom is -0.493 e. The number of rotatable bonds is 1. The molecule has 13 heavy (non-hydrogen) atoms. The normalized spacial score (nSPS) is 15.7. The van der Waals surface area contributed by atoms with Crippen molar-refractivity contribution in [3.63, 3.8) is 0 Å². The number of fused-ring (bicyclic) bond motifs is 1. The number of nitrogens with two attached hydrogens (primary N) is 1. The smallest absolute Gasteiger partial charge is 0.122 e. The van der Waals surface area contributed by atoms with Crippen LogP contribution in [0.25, 0.3) is 0 Å². The van der Waals surface area contributed by atoms with Crippen molar-refractivity contribution < 1.29 is 4.74 Å². The highest BCUT2D eigenvalue weighted by molar-refractivity contribution is 5.41. The molecule has 3 heteroatoms. The van der Waals surface area contributed by atoms with E-state index in [-0.39, 0.29) is 0 Å². The first kappa shape index (κ1) is 8.09. The van der Waals surface area contributed by atoms with Crippen molar-refractivity contribution in [1.82, 2.24) is 0 Å². The number of hydrogen-bond acceptors (Lipinski definition) is 3. The van der Waals surface area contributed by atoms with E-state index in [1.165, 1.54) is 0 Å². The standard InChI is InChI=1S/C10H10N2O/c11-6-9(12)7-1-2-10-8(5-7)3-4-13-10/h1-2,5,9H,3-4,12H2/t9-/m0/s1. The van der Waals surface area contributed by atoms with Gasteiger partial charge in [0.2, 0.25) is 0 Å². The van der Waals surface area contributed by atoms with Crippen LogP contribution in [-0.4, -0.2) is 6.61 Å². The van der Waals surface area contributed by atoms with Gasteiger partial charge in [0.25, 0.3) is 0 Å². The van der Waals surface area contributed by atoms with Gasteiger partial charge in [-0.2, -0.15) is 5.26 Å². The molecule has 1 aliphatic rings. The predicted octanol–water partition coefficient (Wildman–Crippen LogP) is 1.14. The van der Waals surface area contributed by atoms with Gasteiger partial charge in [-0.05, 0) is 23.3 Å². The van der Waals surface area contributed by atoms with Crippen LogP contribution in [0.15, 0.2) is 18.2 Å². The zero-order valence-electron chi connectivity index (χ0n) is 7.16. The number of nitriles is 1. The molecule has 2 rings (SSSR count). The number of nitrogens with zero attached hydrogens (tertiary/aromatic N) is 1. The van der Waals surface area contributed by atoms with E-state index in [2.05, 4.69) is 0 Å². The van der Waals surface area contributed by atoms with E-state index in [1.54, 1.807) is 0 Å². The number of benzene rings is 1. The largest absolute Gasteiger partial charge is 0.493 e. The van der Waals surface area contributed by atoms with Gasteiger partial charge in [0.1, 0.15) is 11.8 Å². The van der Waals surface area contributed by atoms with Gasteiger partial charge in [-0.1, -0.05) is 6.07 Å². The van der Waals surface area contributed by atoms with Crippen molar-refractivity contribution in [3.8, 4) is 11.8 Å². The zero-order chi connectivity index (χ0) is 9.26. The molecule has 0 unspecified atom stereocenters. The minimum atomic E-state index is -0.522. The molecule has 0 aromatic heterocycles. The summed E-state index contributed by atoms with van der Waals surface area (Å²) in [4.78, 5) is 0. The van der Waals surface area contributed by atoms with E-state index in [0.29, 0.717) is 0 Å². The Bertz CT molecular complexity index is 368. The third-order valence-electron chi connectivity index (χ3n) is 2.21. The van der Waals surface area contributed by atoms with Crippen LogP contribution >= 0.6 is 0 Å². The summed E-state index contributed by atoms with van der Waals surface area (Å²) in [5.41, 5.74) is 7.61. The molecule has 1 aromatic rings. The van der Waals surface area contributed by atoms with Crippen molar-refractivity contribution in [2.24, 2.45) is 5.73 Å². The fourth-order valence-electron chi connectivity index (χ4n) is 1.47. The Kier molecular flexibility index (Phi) is 1.91. The molecule has 0 radical (unpaired) electrons. The second kappa shape index (κ2) is 3.08. The van der Waals surface area contributed by atoms with Crippen molar-refractivity contribution >= 4 is 0 Å². The van der Waals surface area contributed by atoms with Gasteiger partial charge in [-0.25, -0.2) is 0 Å². The monoisotopic (exact) mass is 174 g/mol. The van der Waals surface area contributed by atoms with Crippen LogP contribution in [0.2, 0.25) is 0 Å².